The fourth-order valence-electron chi connectivity index (χ4n) is 5.08. The molecule has 0 bridgehead atoms. The summed E-state index contributed by atoms with van der Waals surface area (Å²) in [6.45, 7) is 4.53. The molecule has 2 aliphatic heterocycles. The van der Waals surface area contributed by atoms with Crippen LogP contribution in [0.5, 0.6) is 0 Å². The number of fused-ring (bicyclic) bond motifs is 1. The van der Waals surface area contributed by atoms with Crippen LogP contribution >= 0.6 is 11.3 Å². The molecule has 2 N–H and O–H groups in total. The number of nitrogens with zero attached hydrogens (tertiary/aromatic N) is 7. The van der Waals surface area contributed by atoms with Crippen LogP contribution in [0.15, 0.2) is 42.2 Å². The van der Waals surface area contributed by atoms with E-state index in [1.807, 2.05) is 45.4 Å². The molecule has 176 valence electrons. The van der Waals surface area contributed by atoms with Gasteiger partial charge in [-0.05, 0) is 50.1 Å². The number of carbonyl (C=O) groups excluding carboxylic acids is 1. The van der Waals surface area contributed by atoms with Crippen LogP contribution in [0.2, 0.25) is 0 Å². The normalized spacial score (nSPS) is 21.0. The molecule has 4 aromatic heterocycles. The molecule has 0 saturated carbocycles. The zero-order chi connectivity index (χ0) is 23.2. The van der Waals surface area contributed by atoms with Crippen molar-refractivity contribution in [2.75, 3.05) is 24.5 Å². The first-order chi connectivity index (χ1) is 16.6. The predicted molar refractivity (Wildman–Crippen MR) is 132 cm³/mol. The van der Waals surface area contributed by atoms with E-state index in [2.05, 4.69) is 16.9 Å². The van der Waals surface area contributed by atoms with E-state index in [0.29, 0.717) is 12.1 Å². The molecule has 0 radical (unpaired) electrons. The van der Waals surface area contributed by atoms with Gasteiger partial charge in [-0.25, -0.2) is 14.2 Å². The second-order valence-corrected chi connectivity index (χ2v) is 10.2. The van der Waals surface area contributed by atoms with Crippen molar-refractivity contribution in [2.45, 2.75) is 44.7 Å². The van der Waals surface area contributed by atoms with Gasteiger partial charge in [0.15, 0.2) is 5.65 Å². The molecule has 10 heteroatoms. The Hall–Kier alpha value is -3.24. The molecular formula is C24H28N8OS. The highest BCUT2D eigenvalue weighted by Crippen LogP contribution is 2.33. The number of aryl methyl sites for hydroxylation is 1. The van der Waals surface area contributed by atoms with E-state index >= 15 is 0 Å². The summed E-state index contributed by atoms with van der Waals surface area (Å²) in [6, 6.07) is 6.13. The number of carbonyl (C=O) groups is 1. The summed E-state index contributed by atoms with van der Waals surface area (Å²) >= 11 is 1.59. The Morgan fingerprint density at radius 3 is 2.91 bits per heavy atom. The first-order valence-electron chi connectivity index (χ1n) is 11.8. The summed E-state index contributed by atoms with van der Waals surface area (Å²) < 4.78 is 3.61. The van der Waals surface area contributed by atoms with E-state index in [0.717, 1.165) is 66.5 Å². The summed E-state index contributed by atoms with van der Waals surface area (Å²) in [5.41, 5.74) is 9.49. The Morgan fingerprint density at radius 1 is 1.21 bits per heavy atom. The molecule has 2 saturated heterocycles. The van der Waals surface area contributed by atoms with E-state index < -0.39 is 0 Å². The van der Waals surface area contributed by atoms with Crippen LogP contribution in [0.3, 0.4) is 0 Å². The molecule has 0 aliphatic carbocycles. The highest BCUT2D eigenvalue weighted by atomic mass is 32.1. The summed E-state index contributed by atoms with van der Waals surface area (Å²) in [6.07, 6.45) is 9.45. The van der Waals surface area contributed by atoms with Crippen molar-refractivity contribution in [1.82, 2.24) is 29.3 Å². The third-order valence-electron chi connectivity index (χ3n) is 6.81. The second-order valence-electron chi connectivity index (χ2n) is 9.25. The van der Waals surface area contributed by atoms with E-state index in [-0.39, 0.29) is 18.0 Å². The number of nitrogens with two attached hydrogens (primary N) is 1. The van der Waals surface area contributed by atoms with Gasteiger partial charge in [-0.15, -0.1) is 11.3 Å². The summed E-state index contributed by atoms with van der Waals surface area (Å²) in [7, 11) is 0. The standard InChI is InChI=1S/C24H28N8OS/c1-16-13-31-21(27-23(16)29-9-7-18(25)15-29)11-19(28-31)20-5-2-3-8-30(20)24(33)17-12-26-32(14-17)22-6-4-10-34-22/h4,6,10-14,18,20H,2-3,5,7-9,15,25H2,1H3/t18-,20-/m0/s1. The number of anilines is 1. The molecule has 2 atom stereocenters. The van der Waals surface area contributed by atoms with Crippen LogP contribution in [0.25, 0.3) is 10.6 Å². The minimum atomic E-state index is -0.0722. The number of piperidine rings is 1. The van der Waals surface area contributed by atoms with Crippen molar-refractivity contribution in [3.05, 3.63) is 59.0 Å². The topological polar surface area (TPSA) is 97.6 Å². The molecule has 2 aliphatic rings. The molecule has 1 amide bonds. The Balaban J connectivity index is 1.29. The van der Waals surface area contributed by atoms with Gasteiger partial charge in [-0.3, -0.25) is 4.79 Å². The van der Waals surface area contributed by atoms with Crippen LogP contribution in [0.1, 0.15) is 53.3 Å². The monoisotopic (exact) mass is 476 g/mol. The van der Waals surface area contributed by atoms with Gasteiger partial charge in [-0.2, -0.15) is 10.2 Å². The maximum absolute atomic E-state index is 13.5. The van der Waals surface area contributed by atoms with Gasteiger partial charge in [0, 0.05) is 49.7 Å². The van der Waals surface area contributed by atoms with Gasteiger partial charge in [0.05, 0.1) is 23.5 Å². The lowest BCUT2D eigenvalue weighted by Crippen LogP contribution is -2.38. The molecule has 6 rings (SSSR count). The highest BCUT2D eigenvalue weighted by Gasteiger charge is 2.32. The fourth-order valence-corrected chi connectivity index (χ4v) is 5.75. The fraction of sp³-hybridized carbons (Fsp3) is 0.417. The summed E-state index contributed by atoms with van der Waals surface area (Å²) in [5.74, 6) is 0.977. The molecule has 4 aromatic rings. The van der Waals surface area contributed by atoms with Gasteiger partial charge in [0.2, 0.25) is 0 Å². The zero-order valence-electron chi connectivity index (χ0n) is 19.2. The minimum absolute atomic E-state index is 0.000412. The average molecular weight is 477 g/mol. The Labute approximate surface area is 201 Å². The maximum atomic E-state index is 13.5. The van der Waals surface area contributed by atoms with E-state index in [9.17, 15) is 4.79 Å². The second kappa shape index (κ2) is 8.52. The lowest BCUT2D eigenvalue weighted by molar-refractivity contribution is 0.0605. The van der Waals surface area contributed by atoms with Gasteiger partial charge in [0.25, 0.3) is 5.91 Å². The molecule has 6 heterocycles. The van der Waals surface area contributed by atoms with Gasteiger partial charge < -0.3 is 15.5 Å². The van der Waals surface area contributed by atoms with Crippen LogP contribution in [0.4, 0.5) is 5.82 Å². The summed E-state index contributed by atoms with van der Waals surface area (Å²) in [5, 5.41) is 12.2. The van der Waals surface area contributed by atoms with E-state index in [4.69, 9.17) is 15.8 Å². The predicted octanol–water partition coefficient (Wildman–Crippen LogP) is 3.19. The van der Waals surface area contributed by atoms with E-state index in [1.165, 1.54) is 0 Å². The maximum Gasteiger partial charge on any atom is 0.257 e. The number of rotatable bonds is 4. The van der Waals surface area contributed by atoms with Gasteiger partial charge >= 0.3 is 0 Å². The number of likely N-dealkylation sites (tertiary alicyclic amines) is 1. The lowest BCUT2D eigenvalue weighted by atomic mass is 9.98. The average Bonchev–Trinajstić information content (AvgIpc) is 3.64. The van der Waals surface area contributed by atoms with Crippen molar-refractivity contribution in [1.29, 1.82) is 0 Å². The van der Waals surface area contributed by atoms with Crippen LogP contribution < -0.4 is 10.6 Å². The highest BCUT2D eigenvalue weighted by molar-refractivity contribution is 7.12. The number of aromatic nitrogens is 5. The zero-order valence-corrected chi connectivity index (χ0v) is 20.0. The largest absolute Gasteiger partial charge is 0.355 e. The third kappa shape index (κ3) is 3.76. The SMILES string of the molecule is Cc1cn2nc([C@@H]3CCCCN3C(=O)c3cnn(-c4cccs4)c3)cc2nc1N1CC[C@H](N)C1. The Bertz CT molecular complexity index is 1330. The number of hydrogen-bond acceptors (Lipinski definition) is 7. The number of amides is 1. The van der Waals surface area contributed by atoms with Crippen LogP contribution in [0, 0.1) is 6.92 Å². The first-order valence-corrected chi connectivity index (χ1v) is 12.7. The van der Waals surface area contributed by atoms with Crippen molar-refractivity contribution < 1.29 is 4.79 Å². The van der Waals surface area contributed by atoms with Crippen molar-refractivity contribution in [2.24, 2.45) is 5.73 Å². The molecular weight excluding hydrogens is 448 g/mol. The van der Waals surface area contributed by atoms with Crippen LogP contribution in [-0.4, -0.2) is 60.9 Å². The molecule has 0 aromatic carbocycles. The van der Waals surface area contributed by atoms with Crippen molar-refractivity contribution in [3.8, 4) is 5.00 Å². The minimum Gasteiger partial charge on any atom is -0.355 e. The lowest BCUT2D eigenvalue weighted by Gasteiger charge is -2.34. The third-order valence-corrected chi connectivity index (χ3v) is 7.67. The smallest absolute Gasteiger partial charge is 0.257 e. The van der Waals surface area contributed by atoms with Crippen LogP contribution in [-0.2, 0) is 0 Å². The van der Waals surface area contributed by atoms with Crippen molar-refractivity contribution >= 4 is 28.7 Å². The van der Waals surface area contributed by atoms with Gasteiger partial charge in [-0.1, -0.05) is 0 Å². The molecule has 9 nitrogen and oxygen atoms in total. The number of hydrogen-bond donors (Lipinski definition) is 1. The number of thiophene rings is 1. The first kappa shape index (κ1) is 21.3. The molecule has 34 heavy (non-hydrogen) atoms. The molecule has 2 fully saturated rings. The Morgan fingerprint density at radius 2 is 2.12 bits per heavy atom. The van der Waals surface area contributed by atoms with E-state index in [1.54, 1.807) is 22.2 Å². The summed E-state index contributed by atoms with van der Waals surface area (Å²) in [4.78, 5) is 22.6. The molecule has 0 spiro atoms. The van der Waals surface area contributed by atoms with Crippen molar-refractivity contribution in [3.63, 3.8) is 0 Å². The van der Waals surface area contributed by atoms with Gasteiger partial charge in [0.1, 0.15) is 10.8 Å². The Kier molecular flexibility index (Phi) is 5.34. The molecule has 0 unspecified atom stereocenters. The quantitative estimate of drug-likeness (QED) is 0.486.